The molecule has 0 saturated carbocycles. The van der Waals surface area contributed by atoms with Crippen LogP contribution >= 0.6 is 11.6 Å². The van der Waals surface area contributed by atoms with Crippen LogP contribution in [-0.2, 0) is 15.7 Å². The van der Waals surface area contributed by atoms with E-state index in [2.05, 4.69) is 10.2 Å². The molecule has 1 unspecified atom stereocenters. The lowest BCUT2D eigenvalue weighted by atomic mass is 10.2. The maximum atomic E-state index is 11.3. The highest BCUT2D eigenvalue weighted by Gasteiger charge is 2.32. The zero-order chi connectivity index (χ0) is 11.8. The summed E-state index contributed by atoms with van der Waals surface area (Å²) in [5.74, 6) is 0.856. The standard InChI is InChI=1S/C8H12ClN3O3S/c1-12(6-2-3-16(13,14)5-6)8-11-10-7(4-9)15-8/h6H,2-5H2,1H3. The molecule has 0 aromatic carbocycles. The highest BCUT2D eigenvalue weighted by atomic mass is 35.5. The van der Waals surface area contributed by atoms with Crippen molar-refractivity contribution in [1.29, 1.82) is 0 Å². The van der Waals surface area contributed by atoms with Gasteiger partial charge in [0.1, 0.15) is 5.88 Å². The normalized spacial score (nSPS) is 23.5. The Morgan fingerprint density at radius 2 is 2.31 bits per heavy atom. The molecule has 0 radical (unpaired) electrons. The van der Waals surface area contributed by atoms with Gasteiger partial charge in [-0.2, -0.15) is 0 Å². The fourth-order valence-electron chi connectivity index (χ4n) is 1.68. The molecule has 1 aliphatic heterocycles. The highest BCUT2D eigenvalue weighted by molar-refractivity contribution is 7.91. The number of nitrogens with zero attached hydrogens (tertiary/aromatic N) is 3. The molecule has 2 rings (SSSR count). The van der Waals surface area contributed by atoms with E-state index in [1.165, 1.54) is 0 Å². The van der Waals surface area contributed by atoms with Crippen molar-refractivity contribution in [3.63, 3.8) is 0 Å². The highest BCUT2D eigenvalue weighted by Crippen LogP contribution is 2.21. The van der Waals surface area contributed by atoms with Crippen molar-refractivity contribution >= 4 is 27.5 Å². The SMILES string of the molecule is CN(c1nnc(CCl)o1)C1CCS(=O)(=O)C1. The summed E-state index contributed by atoms with van der Waals surface area (Å²) in [4.78, 5) is 1.70. The van der Waals surface area contributed by atoms with E-state index in [1.54, 1.807) is 11.9 Å². The Morgan fingerprint density at radius 3 is 2.81 bits per heavy atom. The van der Waals surface area contributed by atoms with Crippen LogP contribution in [0.15, 0.2) is 4.42 Å². The van der Waals surface area contributed by atoms with Crippen LogP contribution in [0.1, 0.15) is 12.3 Å². The first kappa shape index (κ1) is 11.7. The number of anilines is 1. The topological polar surface area (TPSA) is 76.3 Å². The Bertz CT molecular complexity index is 473. The van der Waals surface area contributed by atoms with Crippen LogP contribution in [0.3, 0.4) is 0 Å². The predicted octanol–water partition coefficient (Wildman–Crippen LogP) is 0.432. The molecule has 0 spiro atoms. The van der Waals surface area contributed by atoms with Crippen LogP contribution in [0, 0.1) is 0 Å². The summed E-state index contributed by atoms with van der Waals surface area (Å²) in [7, 11) is -1.16. The molecule has 0 N–H and O–H groups in total. The minimum absolute atomic E-state index is 0.0892. The van der Waals surface area contributed by atoms with Gasteiger partial charge in [0.2, 0.25) is 5.89 Å². The Balaban J connectivity index is 2.11. The molecule has 0 aliphatic carbocycles. The maximum absolute atomic E-state index is 11.3. The van der Waals surface area contributed by atoms with Crippen LogP contribution < -0.4 is 4.90 Å². The zero-order valence-corrected chi connectivity index (χ0v) is 10.3. The Morgan fingerprint density at radius 1 is 1.56 bits per heavy atom. The Hall–Kier alpha value is -0.820. The third-order valence-electron chi connectivity index (χ3n) is 2.63. The van der Waals surface area contributed by atoms with E-state index in [-0.39, 0.29) is 23.4 Å². The molecule has 1 aromatic rings. The number of rotatable bonds is 3. The Labute approximate surface area is 98.5 Å². The fraction of sp³-hybridized carbons (Fsp3) is 0.750. The molecule has 0 amide bonds. The van der Waals surface area contributed by atoms with Crippen molar-refractivity contribution < 1.29 is 12.8 Å². The maximum Gasteiger partial charge on any atom is 0.318 e. The van der Waals surface area contributed by atoms with Gasteiger partial charge in [-0.1, -0.05) is 5.10 Å². The van der Waals surface area contributed by atoms with Crippen molar-refractivity contribution in [3.8, 4) is 0 Å². The molecule has 8 heteroatoms. The average molecular weight is 266 g/mol. The summed E-state index contributed by atoms with van der Waals surface area (Å²) in [6, 6.07) is 0.228. The third-order valence-corrected chi connectivity index (χ3v) is 4.61. The predicted molar refractivity (Wildman–Crippen MR) is 59.3 cm³/mol. The molecular weight excluding hydrogens is 254 g/mol. The average Bonchev–Trinajstić information content (AvgIpc) is 2.83. The summed E-state index contributed by atoms with van der Waals surface area (Å²) < 4.78 is 27.9. The fourth-order valence-corrected chi connectivity index (χ4v) is 3.56. The quantitative estimate of drug-likeness (QED) is 0.738. The monoisotopic (exact) mass is 265 g/mol. The van der Waals surface area contributed by atoms with E-state index in [0.717, 1.165) is 0 Å². The summed E-state index contributed by atoms with van der Waals surface area (Å²) >= 11 is 5.54. The van der Waals surface area contributed by atoms with Gasteiger partial charge in [-0.25, -0.2) is 8.42 Å². The van der Waals surface area contributed by atoms with Crippen LogP contribution in [0.5, 0.6) is 0 Å². The minimum Gasteiger partial charge on any atom is -0.407 e. The van der Waals surface area contributed by atoms with E-state index in [0.29, 0.717) is 18.3 Å². The Kier molecular flexibility index (Phi) is 3.07. The van der Waals surface area contributed by atoms with Gasteiger partial charge in [0.25, 0.3) is 0 Å². The first-order chi connectivity index (χ1) is 7.52. The molecule has 90 valence electrons. The van der Waals surface area contributed by atoms with Gasteiger partial charge in [0.05, 0.1) is 11.5 Å². The molecule has 2 heterocycles. The molecule has 1 aromatic heterocycles. The molecule has 1 atom stereocenters. The number of hydrogen-bond donors (Lipinski definition) is 0. The van der Waals surface area contributed by atoms with Gasteiger partial charge in [-0.3, -0.25) is 0 Å². The van der Waals surface area contributed by atoms with Crippen molar-refractivity contribution in [1.82, 2.24) is 10.2 Å². The van der Waals surface area contributed by atoms with Crippen LogP contribution in [0.4, 0.5) is 6.01 Å². The third kappa shape index (κ3) is 2.30. The van der Waals surface area contributed by atoms with E-state index in [9.17, 15) is 8.42 Å². The number of alkyl halides is 1. The van der Waals surface area contributed by atoms with Gasteiger partial charge in [0.15, 0.2) is 9.84 Å². The minimum atomic E-state index is -2.90. The number of sulfone groups is 1. The van der Waals surface area contributed by atoms with E-state index >= 15 is 0 Å². The molecule has 6 nitrogen and oxygen atoms in total. The number of hydrogen-bond acceptors (Lipinski definition) is 6. The second kappa shape index (κ2) is 4.21. The summed E-state index contributed by atoms with van der Waals surface area (Å²) in [5.41, 5.74) is 0. The molecule has 1 aliphatic rings. The number of aromatic nitrogens is 2. The van der Waals surface area contributed by atoms with Gasteiger partial charge < -0.3 is 9.32 Å². The molecule has 1 fully saturated rings. The largest absolute Gasteiger partial charge is 0.407 e. The second-order valence-corrected chi connectivity index (χ2v) is 6.28. The van der Waals surface area contributed by atoms with E-state index in [1.807, 2.05) is 0 Å². The lowest BCUT2D eigenvalue weighted by Gasteiger charge is -2.20. The number of halogens is 1. The van der Waals surface area contributed by atoms with E-state index in [4.69, 9.17) is 16.0 Å². The van der Waals surface area contributed by atoms with Crippen molar-refractivity contribution in [2.24, 2.45) is 0 Å². The summed E-state index contributed by atoms with van der Waals surface area (Å²) in [6.45, 7) is 0. The van der Waals surface area contributed by atoms with Crippen LogP contribution in [0.2, 0.25) is 0 Å². The lowest BCUT2D eigenvalue weighted by molar-refractivity contribution is 0.492. The smallest absolute Gasteiger partial charge is 0.318 e. The van der Waals surface area contributed by atoms with Crippen LogP contribution in [-0.4, -0.2) is 43.2 Å². The van der Waals surface area contributed by atoms with Crippen LogP contribution in [0.25, 0.3) is 0 Å². The molecule has 1 saturated heterocycles. The lowest BCUT2D eigenvalue weighted by Crippen LogP contribution is -2.32. The van der Waals surface area contributed by atoms with Crippen molar-refractivity contribution in [3.05, 3.63) is 5.89 Å². The molecule has 16 heavy (non-hydrogen) atoms. The van der Waals surface area contributed by atoms with Crippen molar-refractivity contribution in [2.75, 3.05) is 23.5 Å². The first-order valence-electron chi connectivity index (χ1n) is 4.83. The zero-order valence-electron chi connectivity index (χ0n) is 8.76. The first-order valence-corrected chi connectivity index (χ1v) is 7.19. The van der Waals surface area contributed by atoms with Gasteiger partial charge in [-0.05, 0) is 6.42 Å². The van der Waals surface area contributed by atoms with Gasteiger partial charge in [0, 0.05) is 13.1 Å². The van der Waals surface area contributed by atoms with Crippen molar-refractivity contribution in [2.45, 2.75) is 18.3 Å². The summed E-state index contributed by atoms with van der Waals surface area (Å²) in [5, 5.41) is 7.53. The molecule has 0 bridgehead atoms. The molecular formula is C8H12ClN3O3S. The van der Waals surface area contributed by atoms with Gasteiger partial charge in [-0.15, -0.1) is 16.7 Å². The van der Waals surface area contributed by atoms with Gasteiger partial charge >= 0.3 is 6.01 Å². The summed E-state index contributed by atoms with van der Waals surface area (Å²) in [6.07, 6.45) is 0.595. The van der Waals surface area contributed by atoms with E-state index < -0.39 is 9.84 Å². The second-order valence-electron chi connectivity index (χ2n) is 3.78.